The van der Waals surface area contributed by atoms with Crippen LogP contribution in [0.2, 0.25) is 0 Å². The van der Waals surface area contributed by atoms with Crippen LogP contribution < -0.4 is 5.73 Å². The van der Waals surface area contributed by atoms with Crippen molar-refractivity contribution in [1.82, 2.24) is 4.31 Å². The van der Waals surface area contributed by atoms with Crippen molar-refractivity contribution in [2.45, 2.75) is 31.1 Å². The highest BCUT2D eigenvalue weighted by atomic mass is 32.2. The molecule has 0 radical (unpaired) electrons. The molecule has 8 heteroatoms. The summed E-state index contributed by atoms with van der Waals surface area (Å²) in [5, 5.41) is 10.7. The molecule has 1 aliphatic carbocycles. The minimum Gasteiger partial charge on any atom is -0.393 e. The highest BCUT2D eigenvalue weighted by molar-refractivity contribution is 7.89. The quantitative estimate of drug-likeness (QED) is 0.470. The molecule has 2 rings (SSSR count). The Hall–Kier alpha value is -1.67. The molecule has 116 valence electrons. The molecule has 0 saturated heterocycles. The van der Waals surface area contributed by atoms with Crippen LogP contribution in [-0.4, -0.2) is 30.7 Å². The molecule has 1 aromatic rings. The van der Waals surface area contributed by atoms with Crippen molar-refractivity contribution < 1.29 is 13.3 Å². The largest absolute Gasteiger partial charge is 0.393 e. The fraction of sp³-hybridized carbons (Fsp3) is 0.538. The number of rotatable bonds is 7. The second kappa shape index (κ2) is 5.98. The maximum Gasteiger partial charge on any atom is 0.292 e. The first-order valence-electron chi connectivity index (χ1n) is 6.90. The number of nitro groups is 1. The predicted molar refractivity (Wildman–Crippen MR) is 79.3 cm³/mol. The van der Waals surface area contributed by atoms with E-state index in [4.69, 9.17) is 5.73 Å². The Bertz CT molecular complexity index is 641. The Morgan fingerprint density at radius 1 is 1.43 bits per heavy atom. The molecule has 0 aromatic heterocycles. The van der Waals surface area contributed by atoms with Crippen LogP contribution in [0.4, 0.5) is 11.4 Å². The first-order chi connectivity index (χ1) is 9.86. The Morgan fingerprint density at radius 3 is 2.57 bits per heavy atom. The molecular formula is C13H19N3O4S. The van der Waals surface area contributed by atoms with Crippen molar-refractivity contribution in [2.75, 3.05) is 18.8 Å². The fourth-order valence-corrected chi connectivity index (χ4v) is 3.80. The standard InChI is InChI=1S/C13H19N3O4S/c1-2-7-15(9-10-3-4-10)21(19,20)11-5-6-13(16(17)18)12(14)8-11/h5-6,8,10H,2-4,7,9,14H2,1H3. The minimum absolute atomic E-state index is 0.0136. The van der Waals surface area contributed by atoms with Crippen LogP contribution in [0, 0.1) is 16.0 Å². The first kappa shape index (κ1) is 15.7. The molecule has 1 fully saturated rings. The smallest absolute Gasteiger partial charge is 0.292 e. The summed E-state index contributed by atoms with van der Waals surface area (Å²) in [6, 6.07) is 3.56. The maximum atomic E-state index is 12.6. The van der Waals surface area contributed by atoms with Gasteiger partial charge < -0.3 is 5.73 Å². The summed E-state index contributed by atoms with van der Waals surface area (Å²) in [4.78, 5) is 10.1. The third kappa shape index (κ3) is 3.51. The van der Waals surface area contributed by atoms with Crippen molar-refractivity contribution in [3.63, 3.8) is 0 Å². The maximum absolute atomic E-state index is 12.6. The number of nitrogens with two attached hydrogens (primary N) is 1. The molecular weight excluding hydrogens is 294 g/mol. The number of hydrogen-bond donors (Lipinski definition) is 1. The van der Waals surface area contributed by atoms with Crippen LogP contribution in [-0.2, 0) is 10.0 Å². The van der Waals surface area contributed by atoms with Crippen LogP contribution in [0.25, 0.3) is 0 Å². The zero-order chi connectivity index (χ0) is 15.6. The highest BCUT2D eigenvalue weighted by Gasteiger charge is 2.31. The van der Waals surface area contributed by atoms with E-state index in [1.807, 2.05) is 6.92 Å². The van der Waals surface area contributed by atoms with Gasteiger partial charge in [-0.2, -0.15) is 4.31 Å². The average molecular weight is 313 g/mol. The Kier molecular flexibility index (Phi) is 4.48. The molecule has 1 aliphatic rings. The lowest BCUT2D eigenvalue weighted by Crippen LogP contribution is -2.33. The summed E-state index contributed by atoms with van der Waals surface area (Å²) in [5.74, 6) is 0.432. The Morgan fingerprint density at radius 2 is 2.10 bits per heavy atom. The summed E-state index contributed by atoms with van der Waals surface area (Å²) >= 11 is 0. The molecule has 21 heavy (non-hydrogen) atoms. The molecule has 7 nitrogen and oxygen atoms in total. The number of nitro benzene ring substituents is 1. The number of nitrogens with zero attached hydrogens (tertiary/aromatic N) is 2. The van der Waals surface area contributed by atoms with E-state index in [0.717, 1.165) is 18.9 Å². The summed E-state index contributed by atoms with van der Waals surface area (Å²) < 4.78 is 26.7. The lowest BCUT2D eigenvalue weighted by atomic mass is 10.3. The number of nitrogen functional groups attached to an aromatic ring is 1. The third-order valence-electron chi connectivity index (χ3n) is 3.47. The van der Waals surface area contributed by atoms with Gasteiger partial charge in [-0.05, 0) is 37.3 Å². The van der Waals surface area contributed by atoms with Gasteiger partial charge in [-0.1, -0.05) is 6.92 Å². The van der Waals surface area contributed by atoms with Crippen molar-refractivity contribution in [1.29, 1.82) is 0 Å². The number of hydrogen-bond acceptors (Lipinski definition) is 5. The van der Waals surface area contributed by atoms with Crippen LogP contribution in [0.3, 0.4) is 0 Å². The predicted octanol–water partition coefficient (Wildman–Crippen LogP) is 1.99. The topological polar surface area (TPSA) is 107 Å². The lowest BCUT2D eigenvalue weighted by molar-refractivity contribution is -0.383. The second-order valence-electron chi connectivity index (χ2n) is 5.28. The van der Waals surface area contributed by atoms with Gasteiger partial charge >= 0.3 is 0 Å². The van der Waals surface area contributed by atoms with Gasteiger partial charge in [0, 0.05) is 19.2 Å². The van der Waals surface area contributed by atoms with Crippen LogP contribution in [0.1, 0.15) is 26.2 Å². The van der Waals surface area contributed by atoms with Gasteiger partial charge in [-0.15, -0.1) is 0 Å². The van der Waals surface area contributed by atoms with Crippen molar-refractivity contribution in [2.24, 2.45) is 5.92 Å². The molecule has 0 bridgehead atoms. The monoisotopic (exact) mass is 313 g/mol. The van der Waals surface area contributed by atoms with Gasteiger partial charge in [0.2, 0.25) is 10.0 Å². The first-order valence-corrected chi connectivity index (χ1v) is 8.34. The summed E-state index contributed by atoms with van der Waals surface area (Å²) in [5.41, 5.74) is 5.17. The van der Waals surface area contributed by atoms with Gasteiger partial charge in [0.25, 0.3) is 5.69 Å². The summed E-state index contributed by atoms with van der Waals surface area (Å²) in [6.45, 7) is 2.86. The molecule has 1 aromatic carbocycles. The molecule has 2 N–H and O–H groups in total. The van der Waals surface area contributed by atoms with E-state index in [9.17, 15) is 18.5 Å². The SMILES string of the molecule is CCCN(CC1CC1)S(=O)(=O)c1ccc([N+](=O)[O-])c(N)c1. The van der Waals surface area contributed by atoms with E-state index >= 15 is 0 Å². The van der Waals surface area contributed by atoms with Crippen LogP contribution in [0.15, 0.2) is 23.1 Å². The van der Waals surface area contributed by atoms with Gasteiger partial charge in [0.1, 0.15) is 5.69 Å². The number of benzene rings is 1. The van der Waals surface area contributed by atoms with E-state index in [-0.39, 0.29) is 16.3 Å². The van der Waals surface area contributed by atoms with Gasteiger partial charge in [-0.3, -0.25) is 10.1 Å². The molecule has 0 atom stereocenters. The number of anilines is 1. The lowest BCUT2D eigenvalue weighted by Gasteiger charge is -2.21. The van der Waals surface area contributed by atoms with Gasteiger partial charge in [0.05, 0.1) is 9.82 Å². The molecule has 1 saturated carbocycles. The van der Waals surface area contributed by atoms with Crippen LogP contribution >= 0.6 is 0 Å². The molecule has 0 aliphatic heterocycles. The normalized spacial score (nSPS) is 15.3. The van der Waals surface area contributed by atoms with Crippen LogP contribution in [0.5, 0.6) is 0 Å². The van der Waals surface area contributed by atoms with Gasteiger partial charge in [0.15, 0.2) is 0 Å². The second-order valence-corrected chi connectivity index (χ2v) is 7.22. The molecule has 0 unspecified atom stereocenters. The van der Waals surface area contributed by atoms with E-state index in [0.29, 0.717) is 25.4 Å². The fourth-order valence-electron chi connectivity index (χ4n) is 2.16. The van der Waals surface area contributed by atoms with Gasteiger partial charge in [-0.25, -0.2) is 8.42 Å². The van der Waals surface area contributed by atoms with E-state index in [2.05, 4.69) is 0 Å². The Balaban J connectivity index is 2.32. The zero-order valence-electron chi connectivity index (χ0n) is 11.9. The Labute approximate surface area is 123 Å². The highest BCUT2D eigenvalue weighted by Crippen LogP contribution is 2.32. The number of sulfonamides is 1. The molecule has 0 amide bonds. The third-order valence-corrected chi connectivity index (χ3v) is 5.33. The van der Waals surface area contributed by atoms with E-state index < -0.39 is 14.9 Å². The van der Waals surface area contributed by atoms with E-state index in [1.54, 1.807) is 0 Å². The van der Waals surface area contributed by atoms with E-state index in [1.165, 1.54) is 16.4 Å². The average Bonchev–Trinajstić information content (AvgIpc) is 3.21. The zero-order valence-corrected chi connectivity index (χ0v) is 12.7. The minimum atomic E-state index is -3.65. The molecule has 0 spiro atoms. The van der Waals surface area contributed by atoms with Crippen molar-refractivity contribution in [3.8, 4) is 0 Å². The molecule has 0 heterocycles. The van der Waals surface area contributed by atoms with Crippen molar-refractivity contribution >= 4 is 21.4 Å². The van der Waals surface area contributed by atoms with Crippen molar-refractivity contribution in [3.05, 3.63) is 28.3 Å². The summed E-state index contributed by atoms with van der Waals surface area (Å²) in [7, 11) is -3.65. The summed E-state index contributed by atoms with van der Waals surface area (Å²) in [6.07, 6.45) is 2.82.